The van der Waals surface area contributed by atoms with E-state index >= 15 is 0 Å². The standard InChI is InChI=1S/C18H20N2O3S/c1-13-6-5-8-16(12-13)24(22,23)19-14(2)18(21)20-11-10-15-7-3-4-9-17(15)20/h3-9,12,14,19H,10-11H2,1-2H3/t14-/m0/s1. The van der Waals surface area contributed by atoms with E-state index in [0.717, 1.165) is 23.2 Å². The summed E-state index contributed by atoms with van der Waals surface area (Å²) >= 11 is 0. The Kier molecular flexibility index (Phi) is 4.43. The molecular formula is C18H20N2O3S. The molecule has 0 radical (unpaired) electrons. The first kappa shape index (κ1) is 16.7. The molecule has 0 saturated heterocycles. The molecule has 1 amide bonds. The third-order valence-electron chi connectivity index (χ3n) is 4.16. The number of amides is 1. The van der Waals surface area contributed by atoms with Crippen LogP contribution in [0, 0.1) is 6.92 Å². The largest absolute Gasteiger partial charge is 0.310 e. The van der Waals surface area contributed by atoms with Crippen molar-refractivity contribution in [3.63, 3.8) is 0 Å². The molecule has 1 N–H and O–H groups in total. The van der Waals surface area contributed by atoms with E-state index in [1.807, 2.05) is 37.3 Å². The van der Waals surface area contributed by atoms with Crippen molar-refractivity contribution in [3.8, 4) is 0 Å². The van der Waals surface area contributed by atoms with Crippen LogP contribution in [0.15, 0.2) is 53.4 Å². The third kappa shape index (κ3) is 3.20. The summed E-state index contributed by atoms with van der Waals surface area (Å²) in [6.45, 7) is 3.99. The lowest BCUT2D eigenvalue weighted by Gasteiger charge is -2.22. The Morgan fingerprint density at radius 1 is 1.17 bits per heavy atom. The van der Waals surface area contributed by atoms with E-state index in [-0.39, 0.29) is 10.8 Å². The summed E-state index contributed by atoms with van der Waals surface area (Å²) in [7, 11) is -3.73. The molecule has 1 aliphatic heterocycles. The van der Waals surface area contributed by atoms with Gasteiger partial charge in [0.15, 0.2) is 0 Å². The summed E-state index contributed by atoms with van der Waals surface area (Å²) in [5, 5.41) is 0. The van der Waals surface area contributed by atoms with Gasteiger partial charge in [-0.25, -0.2) is 8.42 Å². The molecule has 0 saturated carbocycles. The van der Waals surface area contributed by atoms with Gasteiger partial charge < -0.3 is 4.90 Å². The minimum Gasteiger partial charge on any atom is -0.310 e. The maximum atomic E-state index is 12.7. The quantitative estimate of drug-likeness (QED) is 0.925. The average Bonchev–Trinajstić information content (AvgIpc) is 2.97. The first-order chi connectivity index (χ1) is 11.4. The molecule has 0 aromatic heterocycles. The smallest absolute Gasteiger partial charge is 0.244 e. The highest BCUT2D eigenvalue weighted by atomic mass is 32.2. The SMILES string of the molecule is Cc1cccc(S(=O)(=O)N[C@@H](C)C(=O)N2CCc3ccccc32)c1. The van der Waals surface area contributed by atoms with E-state index in [2.05, 4.69) is 4.72 Å². The molecule has 0 unspecified atom stereocenters. The van der Waals surface area contributed by atoms with Crippen LogP contribution in [0.25, 0.3) is 0 Å². The molecule has 1 heterocycles. The Hall–Kier alpha value is -2.18. The van der Waals surface area contributed by atoms with Crippen LogP contribution in [0.1, 0.15) is 18.1 Å². The molecule has 2 aromatic rings. The van der Waals surface area contributed by atoms with Crippen molar-refractivity contribution < 1.29 is 13.2 Å². The van der Waals surface area contributed by atoms with Gasteiger partial charge in [0.25, 0.3) is 0 Å². The number of hydrogen-bond acceptors (Lipinski definition) is 3. The van der Waals surface area contributed by atoms with Crippen LogP contribution >= 0.6 is 0 Å². The van der Waals surface area contributed by atoms with Crippen LogP contribution in [-0.4, -0.2) is 26.9 Å². The van der Waals surface area contributed by atoms with Crippen LogP contribution in [-0.2, 0) is 21.2 Å². The van der Waals surface area contributed by atoms with Gasteiger partial charge in [0.05, 0.1) is 10.9 Å². The zero-order chi connectivity index (χ0) is 17.3. The minimum absolute atomic E-state index is 0.170. The summed E-state index contributed by atoms with van der Waals surface area (Å²) in [6, 6.07) is 13.5. The van der Waals surface area contributed by atoms with E-state index in [1.165, 1.54) is 6.07 Å². The monoisotopic (exact) mass is 344 g/mol. The second-order valence-corrected chi connectivity index (χ2v) is 7.74. The van der Waals surface area contributed by atoms with E-state index in [1.54, 1.807) is 24.0 Å². The van der Waals surface area contributed by atoms with Gasteiger partial charge in [0, 0.05) is 12.2 Å². The van der Waals surface area contributed by atoms with Crippen molar-refractivity contribution in [2.45, 2.75) is 31.2 Å². The van der Waals surface area contributed by atoms with Crippen molar-refractivity contribution in [1.82, 2.24) is 4.72 Å². The number of para-hydroxylation sites is 1. The van der Waals surface area contributed by atoms with Crippen LogP contribution in [0.2, 0.25) is 0 Å². The molecule has 1 atom stereocenters. The Bertz CT molecular complexity index is 877. The topological polar surface area (TPSA) is 66.5 Å². The van der Waals surface area contributed by atoms with Crippen LogP contribution in [0.3, 0.4) is 0 Å². The molecule has 0 bridgehead atoms. The molecule has 126 valence electrons. The lowest BCUT2D eigenvalue weighted by Crippen LogP contribution is -2.46. The number of carbonyl (C=O) groups is 1. The zero-order valence-corrected chi connectivity index (χ0v) is 14.5. The minimum atomic E-state index is -3.73. The van der Waals surface area contributed by atoms with Gasteiger partial charge in [-0.3, -0.25) is 4.79 Å². The molecule has 1 aliphatic rings. The fraction of sp³-hybridized carbons (Fsp3) is 0.278. The maximum absolute atomic E-state index is 12.7. The molecule has 0 fully saturated rings. The van der Waals surface area contributed by atoms with Gasteiger partial charge in [-0.15, -0.1) is 0 Å². The Labute approximate surface area is 142 Å². The molecule has 2 aromatic carbocycles. The Balaban J connectivity index is 1.78. The van der Waals surface area contributed by atoms with Crippen molar-refractivity contribution >= 4 is 21.6 Å². The molecule has 3 rings (SSSR count). The first-order valence-corrected chi connectivity index (χ1v) is 9.35. The van der Waals surface area contributed by atoms with Crippen LogP contribution in [0.4, 0.5) is 5.69 Å². The predicted molar refractivity (Wildman–Crippen MR) is 93.5 cm³/mol. The summed E-state index contributed by atoms with van der Waals surface area (Å²) in [4.78, 5) is 14.5. The molecular weight excluding hydrogens is 324 g/mol. The van der Waals surface area contributed by atoms with E-state index in [4.69, 9.17) is 0 Å². The van der Waals surface area contributed by atoms with Crippen LogP contribution < -0.4 is 9.62 Å². The second kappa shape index (κ2) is 6.37. The summed E-state index contributed by atoms with van der Waals surface area (Å²) in [5.41, 5.74) is 2.83. The highest BCUT2D eigenvalue weighted by Crippen LogP contribution is 2.28. The predicted octanol–water partition coefficient (Wildman–Crippen LogP) is 2.25. The van der Waals surface area contributed by atoms with Gasteiger partial charge in [-0.2, -0.15) is 4.72 Å². The van der Waals surface area contributed by atoms with Gasteiger partial charge in [0.1, 0.15) is 0 Å². The molecule has 0 aliphatic carbocycles. The van der Waals surface area contributed by atoms with Gasteiger partial charge in [-0.05, 0) is 49.6 Å². The van der Waals surface area contributed by atoms with E-state index in [0.29, 0.717) is 6.54 Å². The number of carbonyl (C=O) groups excluding carboxylic acids is 1. The fourth-order valence-electron chi connectivity index (χ4n) is 2.93. The summed E-state index contributed by atoms with van der Waals surface area (Å²) in [5.74, 6) is -0.240. The first-order valence-electron chi connectivity index (χ1n) is 7.87. The summed E-state index contributed by atoms with van der Waals surface area (Å²) < 4.78 is 27.4. The fourth-order valence-corrected chi connectivity index (χ4v) is 4.24. The zero-order valence-electron chi connectivity index (χ0n) is 13.7. The third-order valence-corrected chi connectivity index (χ3v) is 5.69. The number of anilines is 1. The van der Waals surface area contributed by atoms with Crippen molar-refractivity contribution in [2.24, 2.45) is 0 Å². The van der Waals surface area contributed by atoms with Crippen molar-refractivity contribution in [2.75, 3.05) is 11.4 Å². The summed E-state index contributed by atoms with van der Waals surface area (Å²) in [6.07, 6.45) is 0.791. The number of nitrogens with zero attached hydrogens (tertiary/aromatic N) is 1. The number of fused-ring (bicyclic) bond motifs is 1. The van der Waals surface area contributed by atoms with E-state index in [9.17, 15) is 13.2 Å². The van der Waals surface area contributed by atoms with Crippen LogP contribution in [0.5, 0.6) is 0 Å². The molecule has 0 spiro atoms. The number of aryl methyl sites for hydroxylation is 1. The Morgan fingerprint density at radius 3 is 2.67 bits per heavy atom. The lowest BCUT2D eigenvalue weighted by molar-refractivity contribution is -0.119. The van der Waals surface area contributed by atoms with Gasteiger partial charge in [0.2, 0.25) is 15.9 Å². The van der Waals surface area contributed by atoms with Crippen molar-refractivity contribution in [1.29, 1.82) is 0 Å². The Morgan fingerprint density at radius 2 is 1.92 bits per heavy atom. The maximum Gasteiger partial charge on any atom is 0.244 e. The highest BCUT2D eigenvalue weighted by molar-refractivity contribution is 7.89. The highest BCUT2D eigenvalue weighted by Gasteiger charge is 2.30. The number of nitrogens with one attached hydrogen (secondary N) is 1. The molecule has 6 heteroatoms. The number of hydrogen-bond donors (Lipinski definition) is 1. The van der Waals surface area contributed by atoms with Gasteiger partial charge >= 0.3 is 0 Å². The normalized spacial score (nSPS) is 15.2. The molecule has 5 nitrogen and oxygen atoms in total. The van der Waals surface area contributed by atoms with Gasteiger partial charge in [-0.1, -0.05) is 30.3 Å². The van der Waals surface area contributed by atoms with E-state index < -0.39 is 16.1 Å². The number of benzene rings is 2. The molecule has 24 heavy (non-hydrogen) atoms. The second-order valence-electron chi connectivity index (χ2n) is 6.03. The number of rotatable bonds is 4. The number of sulfonamides is 1. The lowest BCUT2D eigenvalue weighted by atomic mass is 10.2. The van der Waals surface area contributed by atoms with Crippen molar-refractivity contribution in [3.05, 3.63) is 59.7 Å². The average molecular weight is 344 g/mol.